The van der Waals surface area contributed by atoms with E-state index >= 15 is 0 Å². The van der Waals surface area contributed by atoms with Gasteiger partial charge >= 0.3 is 0 Å². The van der Waals surface area contributed by atoms with Gasteiger partial charge < -0.3 is 9.80 Å². The molecule has 0 unspecified atom stereocenters. The molecule has 0 N–H and O–H groups in total. The maximum absolute atomic E-state index is 5.14. The summed E-state index contributed by atoms with van der Waals surface area (Å²) in [5, 5.41) is 9.42. The first-order valence-corrected chi connectivity index (χ1v) is 16.6. The fourth-order valence-corrected chi connectivity index (χ4v) is 6.17. The Balaban J connectivity index is 1.20. The Morgan fingerprint density at radius 2 is 0.580 bits per heavy atom. The van der Waals surface area contributed by atoms with Gasteiger partial charge in [0.25, 0.3) is 0 Å². The van der Waals surface area contributed by atoms with E-state index in [1.807, 2.05) is 54.6 Å². The first kappa shape index (κ1) is 30.5. The van der Waals surface area contributed by atoms with Crippen molar-refractivity contribution in [3.63, 3.8) is 0 Å². The molecule has 0 radical (unpaired) electrons. The molecule has 8 rings (SSSR count). The summed E-state index contributed by atoms with van der Waals surface area (Å²) >= 11 is 0. The SMILES string of the molecule is c1ccc(-c2nnc(-c3ccc(N(c4ccccc4)c4ccccc4)cc3)c(-c3ccc(N(c4ccccc4)c4ccccc4)cc3)n2)cc1. The molecular weight excluding hydrogens is 611 g/mol. The molecule has 0 atom stereocenters. The van der Waals surface area contributed by atoms with Crippen molar-refractivity contribution in [3.05, 3.63) is 200 Å². The molecule has 0 aliphatic heterocycles. The van der Waals surface area contributed by atoms with E-state index in [0.29, 0.717) is 5.82 Å². The Kier molecular flexibility index (Phi) is 8.60. The number of nitrogens with zero attached hydrogens (tertiary/aromatic N) is 5. The van der Waals surface area contributed by atoms with Crippen molar-refractivity contribution in [3.8, 4) is 33.9 Å². The second-order valence-electron chi connectivity index (χ2n) is 11.8. The molecule has 50 heavy (non-hydrogen) atoms. The van der Waals surface area contributed by atoms with Gasteiger partial charge in [0.05, 0.1) is 0 Å². The number of rotatable bonds is 9. The first-order valence-electron chi connectivity index (χ1n) is 16.6. The van der Waals surface area contributed by atoms with Crippen LogP contribution in [-0.4, -0.2) is 15.2 Å². The predicted molar refractivity (Wildman–Crippen MR) is 206 cm³/mol. The molecule has 1 aromatic heterocycles. The summed E-state index contributed by atoms with van der Waals surface area (Å²) in [7, 11) is 0. The fraction of sp³-hybridized carbons (Fsp3) is 0. The average Bonchev–Trinajstić information content (AvgIpc) is 3.20. The summed E-state index contributed by atoms with van der Waals surface area (Å²) < 4.78 is 0. The van der Waals surface area contributed by atoms with Crippen LogP contribution >= 0.6 is 0 Å². The Morgan fingerprint density at radius 3 is 0.960 bits per heavy atom. The summed E-state index contributed by atoms with van der Waals surface area (Å²) in [6.07, 6.45) is 0. The lowest BCUT2D eigenvalue weighted by Gasteiger charge is -2.25. The molecule has 0 bridgehead atoms. The zero-order chi connectivity index (χ0) is 33.5. The van der Waals surface area contributed by atoms with Crippen LogP contribution in [0.2, 0.25) is 0 Å². The van der Waals surface area contributed by atoms with Crippen molar-refractivity contribution in [2.45, 2.75) is 0 Å². The van der Waals surface area contributed by atoms with Crippen LogP contribution in [-0.2, 0) is 0 Å². The highest BCUT2D eigenvalue weighted by atomic mass is 15.2. The van der Waals surface area contributed by atoms with Crippen molar-refractivity contribution in [2.75, 3.05) is 9.80 Å². The molecular formula is C45H33N5. The summed E-state index contributed by atoms with van der Waals surface area (Å²) in [6, 6.07) is 68.6. The minimum atomic E-state index is 0.583. The molecule has 0 spiro atoms. The maximum atomic E-state index is 5.14. The number of anilines is 6. The van der Waals surface area contributed by atoms with E-state index in [4.69, 9.17) is 10.1 Å². The molecule has 8 aromatic rings. The highest BCUT2D eigenvalue weighted by Gasteiger charge is 2.18. The predicted octanol–water partition coefficient (Wildman–Crippen LogP) is 11.8. The van der Waals surface area contributed by atoms with Gasteiger partial charge in [0.2, 0.25) is 0 Å². The summed E-state index contributed by atoms with van der Waals surface area (Å²) in [5.74, 6) is 0.583. The van der Waals surface area contributed by atoms with Crippen LogP contribution in [0.4, 0.5) is 34.1 Å². The molecule has 0 saturated heterocycles. The molecule has 238 valence electrons. The van der Waals surface area contributed by atoms with E-state index in [1.165, 1.54) is 0 Å². The fourth-order valence-electron chi connectivity index (χ4n) is 6.17. The third-order valence-corrected chi connectivity index (χ3v) is 8.57. The molecule has 5 nitrogen and oxygen atoms in total. The highest BCUT2D eigenvalue weighted by molar-refractivity contribution is 5.84. The van der Waals surface area contributed by atoms with Crippen LogP contribution in [0.25, 0.3) is 33.9 Å². The number of hydrogen-bond acceptors (Lipinski definition) is 5. The second-order valence-corrected chi connectivity index (χ2v) is 11.8. The topological polar surface area (TPSA) is 45.2 Å². The second kappa shape index (κ2) is 14.1. The Hall–Kier alpha value is -6.85. The molecule has 7 aromatic carbocycles. The Bertz CT molecular complexity index is 2200. The lowest BCUT2D eigenvalue weighted by Crippen LogP contribution is -2.09. The van der Waals surface area contributed by atoms with Crippen molar-refractivity contribution >= 4 is 34.1 Å². The van der Waals surface area contributed by atoms with Gasteiger partial charge in [-0.3, -0.25) is 0 Å². The number of para-hydroxylation sites is 4. The van der Waals surface area contributed by atoms with Crippen LogP contribution in [0, 0.1) is 0 Å². The van der Waals surface area contributed by atoms with Gasteiger partial charge in [-0.2, -0.15) is 0 Å². The van der Waals surface area contributed by atoms with E-state index in [1.54, 1.807) is 0 Å². The zero-order valence-corrected chi connectivity index (χ0v) is 27.3. The van der Waals surface area contributed by atoms with Crippen LogP contribution in [0.1, 0.15) is 0 Å². The van der Waals surface area contributed by atoms with Crippen LogP contribution < -0.4 is 9.80 Å². The molecule has 0 aliphatic rings. The summed E-state index contributed by atoms with van der Waals surface area (Å²) in [5.41, 5.74) is 10.7. The third-order valence-electron chi connectivity index (χ3n) is 8.57. The van der Waals surface area contributed by atoms with Crippen LogP contribution in [0.5, 0.6) is 0 Å². The van der Waals surface area contributed by atoms with Gasteiger partial charge in [0, 0.05) is 50.8 Å². The van der Waals surface area contributed by atoms with Crippen molar-refractivity contribution in [1.29, 1.82) is 0 Å². The minimum Gasteiger partial charge on any atom is -0.311 e. The molecule has 0 amide bonds. The summed E-state index contributed by atoms with van der Waals surface area (Å²) in [4.78, 5) is 9.63. The Labute approximate surface area is 292 Å². The number of aromatic nitrogens is 3. The van der Waals surface area contributed by atoms with E-state index in [0.717, 1.165) is 62.2 Å². The van der Waals surface area contributed by atoms with Gasteiger partial charge in [-0.25, -0.2) is 4.98 Å². The normalized spacial score (nSPS) is 10.8. The monoisotopic (exact) mass is 643 g/mol. The van der Waals surface area contributed by atoms with Gasteiger partial charge in [-0.15, -0.1) is 10.2 Å². The lowest BCUT2D eigenvalue weighted by atomic mass is 10.0. The largest absolute Gasteiger partial charge is 0.311 e. The molecule has 1 heterocycles. The van der Waals surface area contributed by atoms with Crippen molar-refractivity contribution in [2.24, 2.45) is 0 Å². The van der Waals surface area contributed by atoms with Gasteiger partial charge in [-0.1, -0.05) is 127 Å². The van der Waals surface area contributed by atoms with E-state index in [9.17, 15) is 0 Å². The zero-order valence-electron chi connectivity index (χ0n) is 27.3. The third kappa shape index (κ3) is 6.36. The average molecular weight is 644 g/mol. The maximum Gasteiger partial charge on any atom is 0.182 e. The molecule has 0 saturated carbocycles. The lowest BCUT2D eigenvalue weighted by molar-refractivity contribution is 0.991. The standard InChI is InChI=1S/C45H33N5/c1-6-16-36(17-7-1)45-46-43(34-26-30-41(31-27-34)49(37-18-8-2-9-19-37)38-20-10-3-11-21-38)44(47-48-45)35-28-32-42(33-29-35)50(39-22-12-4-13-23-39)40-24-14-5-15-25-40/h1-33H. The highest BCUT2D eigenvalue weighted by Crippen LogP contribution is 2.39. The molecule has 0 fully saturated rings. The number of benzene rings is 7. The van der Waals surface area contributed by atoms with E-state index in [-0.39, 0.29) is 0 Å². The van der Waals surface area contributed by atoms with Gasteiger partial charge in [0.1, 0.15) is 11.4 Å². The quantitative estimate of drug-likeness (QED) is 0.157. The Morgan fingerprint density at radius 1 is 0.260 bits per heavy atom. The van der Waals surface area contributed by atoms with Crippen molar-refractivity contribution in [1.82, 2.24) is 15.2 Å². The van der Waals surface area contributed by atoms with Crippen molar-refractivity contribution < 1.29 is 0 Å². The summed E-state index contributed by atoms with van der Waals surface area (Å²) in [6.45, 7) is 0. The van der Waals surface area contributed by atoms with E-state index < -0.39 is 0 Å². The minimum absolute atomic E-state index is 0.583. The molecule has 5 heteroatoms. The van der Waals surface area contributed by atoms with Crippen LogP contribution in [0.15, 0.2) is 200 Å². The first-order chi connectivity index (χ1) is 24.8. The van der Waals surface area contributed by atoms with Gasteiger partial charge in [0.15, 0.2) is 5.82 Å². The van der Waals surface area contributed by atoms with E-state index in [2.05, 4.69) is 160 Å². The smallest absolute Gasteiger partial charge is 0.182 e. The van der Waals surface area contributed by atoms with Gasteiger partial charge in [-0.05, 0) is 72.8 Å². The van der Waals surface area contributed by atoms with Crippen LogP contribution in [0.3, 0.4) is 0 Å². The molecule has 0 aliphatic carbocycles. The number of hydrogen-bond donors (Lipinski definition) is 0.